The predicted molar refractivity (Wildman–Crippen MR) is 78.6 cm³/mol. The number of hydrogen-bond acceptors (Lipinski definition) is 5. The molecule has 0 bridgehead atoms. The van der Waals surface area contributed by atoms with Gasteiger partial charge >= 0.3 is 5.97 Å². The van der Waals surface area contributed by atoms with Gasteiger partial charge in [0.25, 0.3) is 5.91 Å². The number of carbonyl (C=O) groups is 2. The zero-order chi connectivity index (χ0) is 15.0. The van der Waals surface area contributed by atoms with E-state index in [1.54, 1.807) is 13.0 Å². The van der Waals surface area contributed by atoms with Gasteiger partial charge in [0.1, 0.15) is 0 Å². The zero-order valence-electron chi connectivity index (χ0n) is 11.6. The molecule has 1 heterocycles. The third-order valence-corrected chi connectivity index (χ3v) is 3.52. The number of carbonyl (C=O) groups excluding carboxylic acids is 2. The molecule has 0 unspecified atom stereocenters. The summed E-state index contributed by atoms with van der Waals surface area (Å²) in [6, 6.07) is 1.78. The van der Waals surface area contributed by atoms with E-state index >= 15 is 0 Å². The Morgan fingerprint density at radius 1 is 1.50 bits per heavy atom. The lowest BCUT2D eigenvalue weighted by Gasteiger charge is -2.03. The first-order valence-corrected chi connectivity index (χ1v) is 7.13. The summed E-state index contributed by atoms with van der Waals surface area (Å²) in [5.41, 5.74) is 6.27. The van der Waals surface area contributed by atoms with E-state index in [9.17, 15) is 9.59 Å². The van der Waals surface area contributed by atoms with Crippen LogP contribution in [0.25, 0.3) is 0 Å². The van der Waals surface area contributed by atoms with E-state index in [4.69, 9.17) is 10.5 Å². The second kappa shape index (κ2) is 8.35. The summed E-state index contributed by atoms with van der Waals surface area (Å²) in [4.78, 5) is 24.4. The minimum Gasteiger partial charge on any atom is -0.466 e. The van der Waals surface area contributed by atoms with Crippen LogP contribution in [-0.2, 0) is 9.53 Å². The van der Waals surface area contributed by atoms with Crippen molar-refractivity contribution in [2.75, 3.05) is 19.7 Å². The maximum Gasteiger partial charge on any atom is 0.307 e. The lowest BCUT2D eigenvalue weighted by Crippen LogP contribution is -2.25. The third-order valence-electron chi connectivity index (χ3n) is 2.37. The molecule has 0 saturated heterocycles. The summed E-state index contributed by atoms with van der Waals surface area (Å²) in [5, 5.41) is 2.68. The van der Waals surface area contributed by atoms with Gasteiger partial charge in [-0.3, -0.25) is 9.59 Å². The largest absolute Gasteiger partial charge is 0.466 e. The second-order valence-electron chi connectivity index (χ2n) is 3.94. The van der Waals surface area contributed by atoms with Crippen LogP contribution in [0.15, 0.2) is 6.07 Å². The highest BCUT2D eigenvalue weighted by molar-refractivity contribution is 7.14. The standard InChI is InChI=1S/C14H18N2O3S/c1-3-19-13(17)6-8-16-14(18)12-9-10(2)11(20-12)5-4-7-15/h9H,3,6-8,15H2,1-2H3,(H,16,18). The Hall–Kier alpha value is -1.84. The molecule has 108 valence electrons. The molecule has 0 aliphatic carbocycles. The zero-order valence-corrected chi connectivity index (χ0v) is 12.4. The molecule has 1 aromatic heterocycles. The maximum absolute atomic E-state index is 11.9. The lowest BCUT2D eigenvalue weighted by molar-refractivity contribution is -0.142. The summed E-state index contributed by atoms with van der Waals surface area (Å²) in [5.74, 6) is 5.17. The molecule has 6 heteroatoms. The third kappa shape index (κ3) is 5.03. The molecule has 0 aliphatic rings. The quantitative estimate of drug-likeness (QED) is 0.628. The molecule has 1 amide bonds. The van der Waals surface area contributed by atoms with Crippen LogP contribution in [0.4, 0.5) is 0 Å². The van der Waals surface area contributed by atoms with Gasteiger partial charge in [-0.25, -0.2) is 0 Å². The van der Waals surface area contributed by atoms with Crippen molar-refractivity contribution in [3.8, 4) is 11.8 Å². The Morgan fingerprint density at radius 2 is 2.25 bits per heavy atom. The van der Waals surface area contributed by atoms with Crippen molar-refractivity contribution in [3.05, 3.63) is 21.4 Å². The monoisotopic (exact) mass is 294 g/mol. The molecule has 1 aromatic rings. The SMILES string of the molecule is CCOC(=O)CCNC(=O)c1cc(C)c(C#CCN)s1. The van der Waals surface area contributed by atoms with Gasteiger partial charge in [-0.15, -0.1) is 11.3 Å². The van der Waals surface area contributed by atoms with E-state index in [-0.39, 0.29) is 24.8 Å². The molecule has 0 saturated carbocycles. The highest BCUT2D eigenvalue weighted by Crippen LogP contribution is 2.20. The highest BCUT2D eigenvalue weighted by Gasteiger charge is 2.11. The summed E-state index contributed by atoms with van der Waals surface area (Å²) in [6.45, 7) is 4.54. The van der Waals surface area contributed by atoms with Gasteiger partial charge in [0, 0.05) is 6.54 Å². The average Bonchev–Trinajstić information content (AvgIpc) is 2.78. The molecule has 0 radical (unpaired) electrons. The number of hydrogen-bond donors (Lipinski definition) is 2. The summed E-state index contributed by atoms with van der Waals surface area (Å²) < 4.78 is 4.78. The topological polar surface area (TPSA) is 81.4 Å². The average molecular weight is 294 g/mol. The molecule has 0 fully saturated rings. The molecule has 20 heavy (non-hydrogen) atoms. The summed E-state index contributed by atoms with van der Waals surface area (Å²) in [6.07, 6.45) is 0.170. The lowest BCUT2D eigenvalue weighted by atomic mass is 10.2. The van der Waals surface area contributed by atoms with E-state index in [2.05, 4.69) is 17.2 Å². The van der Waals surface area contributed by atoms with Gasteiger partial charge in [-0.05, 0) is 25.5 Å². The van der Waals surface area contributed by atoms with Crippen molar-refractivity contribution in [2.24, 2.45) is 5.73 Å². The predicted octanol–water partition coefficient (Wildman–Crippen LogP) is 1.05. The van der Waals surface area contributed by atoms with Crippen molar-refractivity contribution in [1.29, 1.82) is 0 Å². The van der Waals surface area contributed by atoms with Gasteiger partial charge in [0.15, 0.2) is 0 Å². The molecule has 5 nitrogen and oxygen atoms in total. The number of amides is 1. The summed E-state index contributed by atoms with van der Waals surface area (Å²) >= 11 is 1.32. The summed E-state index contributed by atoms with van der Waals surface area (Å²) in [7, 11) is 0. The molecule has 0 atom stereocenters. The van der Waals surface area contributed by atoms with Crippen LogP contribution in [0.5, 0.6) is 0 Å². The number of nitrogens with one attached hydrogen (secondary N) is 1. The number of nitrogens with two attached hydrogens (primary N) is 1. The number of esters is 1. The fourth-order valence-corrected chi connectivity index (χ4v) is 2.41. The van der Waals surface area contributed by atoms with Crippen molar-refractivity contribution in [1.82, 2.24) is 5.32 Å². The number of ether oxygens (including phenoxy) is 1. The van der Waals surface area contributed by atoms with E-state index in [0.717, 1.165) is 10.4 Å². The minimum absolute atomic E-state index is 0.170. The van der Waals surface area contributed by atoms with Crippen LogP contribution in [0.2, 0.25) is 0 Å². The molecular formula is C14H18N2O3S. The van der Waals surface area contributed by atoms with Crippen molar-refractivity contribution >= 4 is 23.2 Å². The Labute approximate surface area is 122 Å². The fraction of sp³-hybridized carbons (Fsp3) is 0.429. The molecule has 1 rings (SSSR count). The van der Waals surface area contributed by atoms with Gasteiger partial charge in [0.2, 0.25) is 0 Å². The first-order chi connectivity index (χ1) is 9.58. The highest BCUT2D eigenvalue weighted by atomic mass is 32.1. The van der Waals surface area contributed by atoms with E-state index in [1.807, 2.05) is 6.92 Å². The Balaban J connectivity index is 2.54. The van der Waals surface area contributed by atoms with Crippen molar-refractivity contribution in [3.63, 3.8) is 0 Å². The van der Waals surface area contributed by atoms with Crippen LogP contribution < -0.4 is 11.1 Å². The fourth-order valence-electron chi connectivity index (χ4n) is 1.45. The number of aryl methyl sites for hydroxylation is 1. The van der Waals surface area contributed by atoms with Crippen LogP contribution in [0.3, 0.4) is 0 Å². The smallest absolute Gasteiger partial charge is 0.307 e. The van der Waals surface area contributed by atoms with Gasteiger partial charge in [-0.1, -0.05) is 11.8 Å². The minimum atomic E-state index is -0.315. The van der Waals surface area contributed by atoms with Gasteiger partial charge in [0.05, 0.1) is 29.3 Å². The normalized spacial score (nSPS) is 9.55. The van der Waals surface area contributed by atoms with Crippen LogP contribution in [0, 0.1) is 18.8 Å². The first kappa shape index (κ1) is 16.2. The number of thiophene rings is 1. The maximum atomic E-state index is 11.9. The van der Waals surface area contributed by atoms with E-state index < -0.39 is 0 Å². The van der Waals surface area contributed by atoms with E-state index in [0.29, 0.717) is 18.0 Å². The van der Waals surface area contributed by atoms with Crippen LogP contribution >= 0.6 is 11.3 Å². The second-order valence-corrected chi connectivity index (χ2v) is 4.99. The molecule has 0 aromatic carbocycles. The van der Waals surface area contributed by atoms with Crippen LogP contribution in [-0.4, -0.2) is 31.6 Å². The Morgan fingerprint density at radius 3 is 2.90 bits per heavy atom. The Kier molecular flexibility index (Phi) is 6.77. The van der Waals surface area contributed by atoms with Gasteiger partial charge < -0.3 is 15.8 Å². The molecule has 0 aliphatic heterocycles. The molecule has 0 spiro atoms. The number of rotatable bonds is 5. The van der Waals surface area contributed by atoms with Gasteiger partial charge in [-0.2, -0.15) is 0 Å². The van der Waals surface area contributed by atoms with Crippen LogP contribution in [0.1, 0.15) is 33.5 Å². The van der Waals surface area contributed by atoms with Crippen molar-refractivity contribution in [2.45, 2.75) is 20.3 Å². The molecular weight excluding hydrogens is 276 g/mol. The van der Waals surface area contributed by atoms with Crippen molar-refractivity contribution < 1.29 is 14.3 Å². The van der Waals surface area contributed by atoms with E-state index in [1.165, 1.54) is 11.3 Å². The Bertz CT molecular complexity index is 540. The molecule has 3 N–H and O–H groups in total. The first-order valence-electron chi connectivity index (χ1n) is 6.31.